The molecule has 0 saturated heterocycles. The average Bonchev–Trinajstić information content (AvgIpc) is 3.33. The highest BCUT2D eigenvalue weighted by atomic mass is 16.4. The lowest BCUT2D eigenvalue weighted by atomic mass is 10.1. The maximum absolute atomic E-state index is 12.7. The van der Waals surface area contributed by atoms with Gasteiger partial charge in [-0.3, -0.25) is 4.79 Å². The molecular formula is C24H18N2O3. The van der Waals surface area contributed by atoms with E-state index >= 15 is 0 Å². The van der Waals surface area contributed by atoms with Crippen molar-refractivity contribution in [3.05, 3.63) is 83.6 Å². The summed E-state index contributed by atoms with van der Waals surface area (Å²) in [6.07, 6.45) is 0. The molecule has 29 heavy (non-hydrogen) atoms. The second-order valence-electron chi connectivity index (χ2n) is 7.07. The molecule has 1 N–H and O–H groups in total. The first-order valence-electron chi connectivity index (χ1n) is 9.35. The van der Waals surface area contributed by atoms with Crippen molar-refractivity contribution >= 4 is 33.7 Å². The van der Waals surface area contributed by atoms with E-state index in [1.54, 1.807) is 6.07 Å². The summed E-state index contributed by atoms with van der Waals surface area (Å²) in [5.74, 6) is 0.505. The fourth-order valence-electron chi connectivity index (χ4n) is 3.43. The van der Waals surface area contributed by atoms with Crippen LogP contribution in [0.4, 0.5) is 5.69 Å². The minimum atomic E-state index is -0.297. The highest BCUT2D eigenvalue weighted by Crippen LogP contribution is 2.31. The number of rotatable bonds is 3. The van der Waals surface area contributed by atoms with Gasteiger partial charge in [0.25, 0.3) is 5.91 Å². The molecule has 2 heterocycles. The molecule has 5 heteroatoms. The molecule has 3 aromatic carbocycles. The first-order chi connectivity index (χ1) is 14.1. The molecule has 0 atom stereocenters. The van der Waals surface area contributed by atoms with Crippen molar-refractivity contribution in [1.82, 2.24) is 4.98 Å². The molecule has 2 aromatic heterocycles. The summed E-state index contributed by atoms with van der Waals surface area (Å²) in [4.78, 5) is 17.3. The van der Waals surface area contributed by atoms with Crippen LogP contribution in [0.3, 0.4) is 0 Å². The lowest BCUT2D eigenvalue weighted by Crippen LogP contribution is -2.12. The Kier molecular flexibility index (Phi) is 3.95. The Morgan fingerprint density at radius 3 is 2.62 bits per heavy atom. The predicted octanol–water partition coefficient (Wildman–Crippen LogP) is 6.11. The number of anilines is 1. The molecule has 142 valence electrons. The maximum Gasteiger partial charge on any atom is 0.291 e. The zero-order valence-corrected chi connectivity index (χ0v) is 16.0. The number of aromatic nitrogens is 1. The van der Waals surface area contributed by atoms with E-state index in [4.69, 9.17) is 8.83 Å². The molecule has 0 aliphatic heterocycles. The zero-order chi connectivity index (χ0) is 20.0. The topological polar surface area (TPSA) is 68.3 Å². The van der Waals surface area contributed by atoms with Crippen LogP contribution in [0.25, 0.3) is 33.5 Å². The van der Waals surface area contributed by atoms with Gasteiger partial charge in [-0.1, -0.05) is 30.3 Å². The van der Waals surface area contributed by atoms with Gasteiger partial charge in [0.15, 0.2) is 11.3 Å². The summed E-state index contributed by atoms with van der Waals surface area (Å²) >= 11 is 0. The van der Waals surface area contributed by atoms with Gasteiger partial charge >= 0.3 is 0 Å². The second-order valence-corrected chi connectivity index (χ2v) is 7.07. The molecule has 0 aliphatic carbocycles. The third kappa shape index (κ3) is 3.06. The number of nitrogens with one attached hydrogen (secondary N) is 1. The number of aryl methyl sites for hydroxylation is 1. The van der Waals surface area contributed by atoms with E-state index in [2.05, 4.69) is 10.3 Å². The van der Waals surface area contributed by atoms with E-state index in [9.17, 15) is 4.79 Å². The van der Waals surface area contributed by atoms with Crippen LogP contribution in [0.15, 0.2) is 75.6 Å². The first kappa shape index (κ1) is 17.3. The number of hydrogen-bond donors (Lipinski definition) is 1. The Hall–Kier alpha value is -3.86. The van der Waals surface area contributed by atoms with Gasteiger partial charge in [0.2, 0.25) is 5.89 Å². The van der Waals surface area contributed by atoms with Crippen LogP contribution in [0.1, 0.15) is 21.7 Å². The van der Waals surface area contributed by atoms with Crippen LogP contribution in [-0.2, 0) is 0 Å². The second kappa shape index (κ2) is 6.63. The summed E-state index contributed by atoms with van der Waals surface area (Å²) < 4.78 is 11.6. The van der Waals surface area contributed by atoms with Crippen molar-refractivity contribution in [2.24, 2.45) is 0 Å². The zero-order valence-electron chi connectivity index (χ0n) is 16.0. The van der Waals surface area contributed by atoms with Gasteiger partial charge in [0, 0.05) is 16.6 Å². The Morgan fingerprint density at radius 2 is 1.76 bits per heavy atom. The van der Waals surface area contributed by atoms with Gasteiger partial charge in [0.05, 0.1) is 0 Å². The van der Waals surface area contributed by atoms with Crippen LogP contribution < -0.4 is 5.32 Å². The lowest BCUT2D eigenvalue weighted by molar-refractivity contribution is 0.0998. The van der Waals surface area contributed by atoms with Crippen molar-refractivity contribution in [2.45, 2.75) is 13.8 Å². The Bertz CT molecular complexity index is 1340. The Morgan fingerprint density at radius 1 is 0.897 bits per heavy atom. The molecule has 0 saturated carbocycles. The molecule has 0 unspecified atom stereocenters. The Labute approximate surface area is 167 Å². The number of amides is 1. The normalized spacial score (nSPS) is 11.2. The highest BCUT2D eigenvalue weighted by Gasteiger charge is 2.17. The van der Waals surface area contributed by atoms with Gasteiger partial charge in [-0.15, -0.1) is 0 Å². The summed E-state index contributed by atoms with van der Waals surface area (Å²) in [6.45, 7) is 3.96. The standard InChI is InChI=1S/C24H18N2O3/c1-14-10-11-21-19(12-14)26-24(29-21)17-7-5-8-18(15(17)2)25-23(27)22-13-16-6-3-4-9-20(16)28-22/h3-13H,1-2H3,(H,25,27). The number of furan rings is 1. The number of fused-ring (bicyclic) bond motifs is 2. The molecule has 0 fully saturated rings. The van der Waals surface area contributed by atoms with E-state index in [1.807, 2.05) is 74.5 Å². The van der Waals surface area contributed by atoms with Gasteiger partial charge in [-0.2, -0.15) is 0 Å². The quantitative estimate of drug-likeness (QED) is 0.409. The van der Waals surface area contributed by atoms with Crippen LogP contribution in [0.2, 0.25) is 0 Å². The molecule has 5 aromatic rings. The number of benzene rings is 3. The average molecular weight is 382 g/mol. The van der Waals surface area contributed by atoms with Crippen molar-refractivity contribution in [3.8, 4) is 11.5 Å². The fraction of sp³-hybridized carbons (Fsp3) is 0.0833. The van der Waals surface area contributed by atoms with E-state index < -0.39 is 0 Å². The molecular weight excluding hydrogens is 364 g/mol. The molecule has 0 aliphatic rings. The van der Waals surface area contributed by atoms with E-state index in [0.717, 1.165) is 33.2 Å². The summed E-state index contributed by atoms with van der Waals surface area (Å²) in [5, 5.41) is 3.83. The molecule has 5 rings (SSSR count). The predicted molar refractivity (Wildman–Crippen MR) is 113 cm³/mol. The molecule has 1 amide bonds. The maximum atomic E-state index is 12.7. The molecule has 0 radical (unpaired) electrons. The van der Waals surface area contributed by atoms with E-state index in [1.165, 1.54) is 0 Å². The van der Waals surface area contributed by atoms with Gasteiger partial charge in [-0.05, 0) is 61.4 Å². The summed E-state index contributed by atoms with van der Waals surface area (Å²) in [7, 11) is 0. The number of oxazole rings is 1. The first-order valence-corrected chi connectivity index (χ1v) is 9.35. The van der Waals surface area contributed by atoms with E-state index in [-0.39, 0.29) is 11.7 Å². The molecule has 0 bridgehead atoms. The van der Waals surface area contributed by atoms with E-state index in [0.29, 0.717) is 17.2 Å². The highest BCUT2D eigenvalue weighted by molar-refractivity contribution is 6.05. The van der Waals surface area contributed by atoms with Crippen LogP contribution in [0, 0.1) is 13.8 Å². The van der Waals surface area contributed by atoms with Gasteiger partial charge in [-0.25, -0.2) is 4.98 Å². The number of carbonyl (C=O) groups is 1. The van der Waals surface area contributed by atoms with Crippen molar-refractivity contribution in [2.75, 3.05) is 5.32 Å². The van der Waals surface area contributed by atoms with Gasteiger partial charge < -0.3 is 14.2 Å². The molecule has 0 spiro atoms. The van der Waals surface area contributed by atoms with Crippen molar-refractivity contribution in [1.29, 1.82) is 0 Å². The summed E-state index contributed by atoms with van der Waals surface area (Å²) in [6, 6.07) is 20.9. The van der Waals surface area contributed by atoms with Crippen LogP contribution >= 0.6 is 0 Å². The largest absolute Gasteiger partial charge is 0.451 e. The summed E-state index contributed by atoms with van der Waals surface area (Å²) in [5.41, 5.74) is 5.76. The lowest BCUT2D eigenvalue weighted by Gasteiger charge is -2.09. The third-order valence-electron chi connectivity index (χ3n) is 5.00. The monoisotopic (exact) mass is 382 g/mol. The van der Waals surface area contributed by atoms with Crippen LogP contribution in [-0.4, -0.2) is 10.9 Å². The third-order valence-corrected chi connectivity index (χ3v) is 5.00. The van der Waals surface area contributed by atoms with Crippen LogP contribution in [0.5, 0.6) is 0 Å². The number of para-hydroxylation sites is 1. The Balaban J connectivity index is 1.48. The number of hydrogen-bond acceptors (Lipinski definition) is 4. The van der Waals surface area contributed by atoms with Gasteiger partial charge in [0.1, 0.15) is 11.1 Å². The fourth-order valence-corrected chi connectivity index (χ4v) is 3.43. The number of carbonyl (C=O) groups excluding carboxylic acids is 1. The van der Waals surface area contributed by atoms with Crippen molar-refractivity contribution < 1.29 is 13.6 Å². The minimum Gasteiger partial charge on any atom is -0.451 e. The SMILES string of the molecule is Cc1ccc2oc(-c3cccc(NC(=O)c4cc5ccccc5o4)c3C)nc2c1. The minimum absolute atomic E-state index is 0.272. The smallest absolute Gasteiger partial charge is 0.291 e. The molecule has 5 nitrogen and oxygen atoms in total. The van der Waals surface area contributed by atoms with Crippen molar-refractivity contribution in [3.63, 3.8) is 0 Å². The number of nitrogens with zero attached hydrogens (tertiary/aromatic N) is 1.